The number of Topliss-reactive ketones (excluding diaryl/α,β-unsaturated/α-hetero) is 1. The van der Waals surface area contributed by atoms with Crippen LogP contribution in [-0.2, 0) is 9.59 Å². The molecule has 0 aromatic heterocycles. The molecule has 0 aliphatic carbocycles. The van der Waals surface area contributed by atoms with Crippen molar-refractivity contribution in [1.82, 2.24) is 0 Å². The molecule has 0 radical (unpaired) electrons. The molecule has 0 spiro atoms. The second kappa shape index (κ2) is 9.34. The van der Waals surface area contributed by atoms with Gasteiger partial charge in [-0.15, -0.1) is 0 Å². The highest BCUT2D eigenvalue weighted by Gasteiger charge is 2.47. The van der Waals surface area contributed by atoms with Crippen LogP contribution in [0, 0.1) is 21.7 Å². The predicted octanol–water partition coefficient (Wildman–Crippen LogP) is 4.90. The first-order valence-corrected chi connectivity index (χ1v) is 10.5. The van der Waals surface area contributed by atoms with Gasteiger partial charge in [0.1, 0.15) is 11.5 Å². The second-order valence-electron chi connectivity index (χ2n) is 7.58. The van der Waals surface area contributed by atoms with Crippen molar-refractivity contribution in [2.24, 2.45) is 0 Å². The molecule has 3 aromatic rings. The van der Waals surface area contributed by atoms with Gasteiger partial charge < -0.3 is 9.84 Å². The van der Waals surface area contributed by atoms with Crippen LogP contribution >= 0.6 is 0 Å². The van der Waals surface area contributed by atoms with Crippen LogP contribution in [0.1, 0.15) is 24.1 Å². The maximum atomic E-state index is 14.0. The van der Waals surface area contributed by atoms with Crippen LogP contribution in [0.3, 0.4) is 0 Å². The quantitative estimate of drug-likeness (QED) is 0.177. The number of amides is 1. The number of benzene rings is 3. The molecule has 3 aromatic carbocycles. The van der Waals surface area contributed by atoms with Gasteiger partial charge in [-0.25, -0.2) is 8.78 Å². The van der Waals surface area contributed by atoms with Gasteiger partial charge in [-0.3, -0.25) is 24.6 Å². The molecule has 1 atom stereocenters. The van der Waals surface area contributed by atoms with E-state index in [1.54, 1.807) is 31.2 Å². The van der Waals surface area contributed by atoms with Crippen molar-refractivity contribution < 1.29 is 33.1 Å². The minimum Gasteiger partial charge on any atom is -0.507 e. The summed E-state index contributed by atoms with van der Waals surface area (Å²) in [6, 6.07) is 12.8. The number of aliphatic hydroxyl groups is 1. The molecule has 1 heterocycles. The van der Waals surface area contributed by atoms with Gasteiger partial charge in [-0.05, 0) is 48.9 Å². The van der Waals surface area contributed by atoms with Gasteiger partial charge in [0.2, 0.25) is 0 Å². The Morgan fingerprint density at radius 3 is 2.40 bits per heavy atom. The first-order chi connectivity index (χ1) is 16.7. The number of halogens is 2. The number of ether oxygens (including phenoxy) is 1. The van der Waals surface area contributed by atoms with Crippen molar-refractivity contribution in [1.29, 1.82) is 0 Å². The fourth-order valence-electron chi connectivity index (χ4n) is 3.89. The van der Waals surface area contributed by atoms with Crippen molar-refractivity contribution >= 4 is 28.8 Å². The minimum absolute atomic E-state index is 0.0600. The standard InChI is InChI=1S/C25H18F2N2O6/c1-2-35-18-5-3-4-15(12-18)22-21(23(30)14-6-8-16(9-7-14)29(33)34)24(31)25(32)28(22)17-10-11-19(26)20(27)13-17/h3-13,22,30H,2H2,1H3/b23-21+. The van der Waals surface area contributed by atoms with E-state index in [0.717, 1.165) is 35.2 Å². The van der Waals surface area contributed by atoms with Gasteiger partial charge in [-0.1, -0.05) is 12.1 Å². The third kappa shape index (κ3) is 4.33. The summed E-state index contributed by atoms with van der Waals surface area (Å²) < 4.78 is 33.1. The Morgan fingerprint density at radius 1 is 1.06 bits per heavy atom. The molecule has 178 valence electrons. The van der Waals surface area contributed by atoms with Gasteiger partial charge >= 0.3 is 0 Å². The van der Waals surface area contributed by atoms with Crippen molar-refractivity contribution in [2.75, 3.05) is 11.5 Å². The highest BCUT2D eigenvalue weighted by atomic mass is 19.2. The number of nitro groups is 1. The van der Waals surface area contributed by atoms with E-state index in [4.69, 9.17) is 4.74 Å². The molecule has 1 aliphatic rings. The van der Waals surface area contributed by atoms with E-state index in [1.165, 1.54) is 12.1 Å². The number of rotatable bonds is 6. The Hall–Kier alpha value is -4.60. The van der Waals surface area contributed by atoms with Gasteiger partial charge in [0.25, 0.3) is 17.4 Å². The van der Waals surface area contributed by atoms with Crippen LogP contribution in [-0.4, -0.2) is 28.3 Å². The number of anilines is 1. The summed E-state index contributed by atoms with van der Waals surface area (Å²) in [6.45, 7) is 2.12. The van der Waals surface area contributed by atoms with E-state index in [9.17, 15) is 33.6 Å². The van der Waals surface area contributed by atoms with E-state index in [-0.39, 0.29) is 22.5 Å². The van der Waals surface area contributed by atoms with E-state index in [0.29, 0.717) is 17.9 Å². The van der Waals surface area contributed by atoms with Crippen molar-refractivity contribution in [3.63, 3.8) is 0 Å². The molecule has 1 unspecified atom stereocenters. The summed E-state index contributed by atoms with van der Waals surface area (Å²) in [5.41, 5.74) is -0.222. The zero-order valence-electron chi connectivity index (χ0n) is 18.3. The van der Waals surface area contributed by atoms with Gasteiger partial charge in [0.15, 0.2) is 11.6 Å². The molecule has 0 saturated carbocycles. The first-order valence-electron chi connectivity index (χ1n) is 10.5. The number of ketones is 1. The highest BCUT2D eigenvalue weighted by molar-refractivity contribution is 6.51. The molecule has 1 N–H and O–H groups in total. The van der Waals surface area contributed by atoms with Crippen LogP contribution in [0.25, 0.3) is 5.76 Å². The minimum atomic E-state index is -1.22. The molecule has 1 fully saturated rings. The van der Waals surface area contributed by atoms with E-state index < -0.39 is 40.0 Å². The Labute approximate surface area is 197 Å². The lowest BCUT2D eigenvalue weighted by atomic mass is 9.95. The molecule has 1 aliphatic heterocycles. The second-order valence-corrected chi connectivity index (χ2v) is 7.58. The summed E-state index contributed by atoms with van der Waals surface area (Å²) in [7, 11) is 0. The Morgan fingerprint density at radius 2 is 1.77 bits per heavy atom. The van der Waals surface area contributed by atoms with Crippen LogP contribution in [0.2, 0.25) is 0 Å². The SMILES string of the molecule is CCOc1cccc(C2/C(=C(\O)c3ccc([N+](=O)[O-])cc3)C(=O)C(=O)N2c2ccc(F)c(F)c2)c1. The molecule has 35 heavy (non-hydrogen) atoms. The molecule has 1 saturated heterocycles. The summed E-state index contributed by atoms with van der Waals surface area (Å²) in [5, 5.41) is 22.0. The molecule has 10 heteroatoms. The lowest BCUT2D eigenvalue weighted by Gasteiger charge is -2.26. The van der Waals surface area contributed by atoms with Crippen LogP contribution in [0.5, 0.6) is 5.75 Å². The Kier molecular flexibility index (Phi) is 6.28. The zero-order valence-corrected chi connectivity index (χ0v) is 18.3. The number of hydrogen-bond donors (Lipinski definition) is 1. The summed E-state index contributed by atoms with van der Waals surface area (Å²) in [5.74, 6) is -4.62. The maximum Gasteiger partial charge on any atom is 0.300 e. The van der Waals surface area contributed by atoms with E-state index >= 15 is 0 Å². The Bertz CT molecular complexity index is 1370. The molecule has 4 rings (SSSR count). The normalized spacial score (nSPS) is 17.0. The number of non-ortho nitro benzene ring substituents is 1. The zero-order chi connectivity index (χ0) is 25.3. The van der Waals surface area contributed by atoms with Gasteiger partial charge in [0, 0.05) is 29.4 Å². The average Bonchev–Trinajstić information content (AvgIpc) is 3.11. The number of carbonyl (C=O) groups excluding carboxylic acids is 2. The average molecular weight is 480 g/mol. The third-order valence-electron chi connectivity index (χ3n) is 5.46. The third-order valence-corrected chi connectivity index (χ3v) is 5.46. The lowest BCUT2D eigenvalue weighted by molar-refractivity contribution is -0.384. The Balaban J connectivity index is 1.93. The largest absolute Gasteiger partial charge is 0.507 e. The van der Waals surface area contributed by atoms with Crippen molar-refractivity contribution in [3.8, 4) is 5.75 Å². The van der Waals surface area contributed by atoms with Gasteiger partial charge in [-0.2, -0.15) is 0 Å². The summed E-state index contributed by atoms with van der Waals surface area (Å²) >= 11 is 0. The van der Waals surface area contributed by atoms with Crippen LogP contribution < -0.4 is 9.64 Å². The molecular formula is C25H18F2N2O6. The van der Waals surface area contributed by atoms with Crippen LogP contribution in [0.15, 0.2) is 72.3 Å². The maximum absolute atomic E-state index is 14.0. The molecular weight excluding hydrogens is 462 g/mol. The fraction of sp³-hybridized carbons (Fsp3) is 0.120. The van der Waals surface area contributed by atoms with Gasteiger partial charge in [0.05, 0.1) is 23.1 Å². The number of nitrogens with zero attached hydrogens (tertiary/aromatic N) is 2. The molecule has 1 amide bonds. The van der Waals surface area contributed by atoms with E-state index in [2.05, 4.69) is 0 Å². The van der Waals surface area contributed by atoms with Crippen LogP contribution in [0.4, 0.5) is 20.2 Å². The highest BCUT2D eigenvalue weighted by Crippen LogP contribution is 2.43. The smallest absolute Gasteiger partial charge is 0.300 e. The number of carbonyl (C=O) groups is 2. The lowest BCUT2D eigenvalue weighted by Crippen LogP contribution is -2.29. The molecule has 8 nitrogen and oxygen atoms in total. The van der Waals surface area contributed by atoms with E-state index in [1.807, 2.05) is 0 Å². The number of hydrogen-bond acceptors (Lipinski definition) is 6. The predicted molar refractivity (Wildman–Crippen MR) is 122 cm³/mol. The van der Waals surface area contributed by atoms with Crippen molar-refractivity contribution in [2.45, 2.75) is 13.0 Å². The molecule has 0 bridgehead atoms. The number of nitro benzene ring substituents is 1. The summed E-state index contributed by atoms with van der Waals surface area (Å²) in [6.07, 6.45) is 0. The first kappa shape index (κ1) is 23.6. The summed E-state index contributed by atoms with van der Waals surface area (Å²) in [4.78, 5) is 37.5. The van der Waals surface area contributed by atoms with Crippen molar-refractivity contribution in [3.05, 3.63) is 105 Å². The fourth-order valence-corrected chi connectivity index (χ4v) is 3.89. The monoisotopic (exact) mass is 480 g/mol. The number of aliphatic hydroxyl groups excluding tert-OH is 1. The topological polar surface area (TPSA) is 110 Å².